The summed E-state index contributed by atoms with van der Waals surface area (Å²) in [4.78, 5) is 22.0. The van der Waals surface area contributed by atoms with Crippen LogP contribution in [-0.2, 0) is 23.8 Å². The van der Waals surface area contributed by atoms with Crippen molar-refractivity contribution in [3.05, 3.63) is 0 Å². The fraction of sp³-hybridized carbons (Fsp3) is 0.800. The number of rotatable bonds is 10. The Labute approximate surface area is 99.3 Å². The van der Waals surface area contributed by atoms with E-state index in [0.717, 1.165) is 0 Å². The van der Waals surface area contributed by atoms with Gasteiger partial charge in [-0.05, 0) is 0 Å². The first kappa shape index (κ1) is 15.8. The Balaban J connectivity index is 3.36. The molecule has 0 saturated carbocycles. The van der Waals surface area contributed by atoms with Crippen LogP contribution in [-0.4, -0.2) is 61.8 Å². The van der Waals surface area contributed by atoms with Crippen LogP contribution >= 0.6 is 0 Å². The van der Waals surface area contributed by atoms with Crippen molar-refractivity contribution in [1.82, 2.24) is 0 Å². The zero-order valence-corrected chi connectivity index (χ0v) is 9.59. The summed E-state index contributed by atoms with van der Waals surface area (Å²) in [5.41, 5.74) is 0. The normalized spacial score (nSPS) is 10.0. The Morgan fingerprint density at radius 1 is 0.765 bits per heavy atom. The molecule has 0 fully saturated rings. The van der Waals surface area contributed by atoms with Crippen molar-refractivity contribution in [3.8, 4) is 0 Å². The summed E-state index contributed by atoms with van der Waals surface area (Å²) in [7, 11) is 0. The lowest BCUT2D eigenvalue weighted by Crippen LogP contribution is -2.14. The van der Waals surface area contributed by atoms with Gasteiger partial charge in [-0.15, -0.1) is 0 Å². The molecule has 0 aromatic rings. The van der Waals surface area contributed by atoms with Gasteiger partial charge in [0.25, 0.3) is 0 Å². The summed E-state index contributed by atoms with van der Waals surface area (Å²) in [5, 5.41) is 16.8. The van der Waals surface area contributed by atoms with E-state index >= 15 is 0 Å². The molecule has 100 valence electrons. The van der Waals surface area contributed by atoms with Gasteiger partial charge in [0.15, 0.2) is 0 Å². The number of aliphatic hydroxyl groups excluding tert-OH is 2. The molecule has 0 spiro atoms. The van der Waals surface area contributed by atoms with Crippen molar-refractivity contribution in [1.29, 1.82) is 0 Å². The van der Waals surface area contributed by atoms with Crippen LogP contribution in [0.15, 0.2) is 0 Å². The molecule has 0 aliphatic carbocycles. The average Bonchev–Trinajstić information content (AvgIpc) is 2.33. The Morgan fingerprint density at radius 2 is 1.29 bits per heavy atom. The third-order valence-corrected chi connectivity index (χ3v) is 1.61. The second-order valence-corrected chi connectivity index (χ2v) is 3.00. The maximum absolute atomic E-state index is 11.1. The molecule has 17 heavy (non-hydrogen) atoms. The molecular weight excluding hydrogens is 232 g/mol. The fourth-order valence-electron chi connectivity index (χ4n) is 0.889. The first-order valence-electron chi connectivity index (χ1n) is 5.31. The maximum atomic E-state index is 11.1. The van der Waals surface area contributed by atoms with Crippen molar-refractivity contribution in [3.63, 3.8) is 0 Å². The Kier molecular flexibility index (Phi) is 10.5. The van der Waals surface area contributed by atoms with Crippen LogP contribution in [0.4, 0.5) is 0 Å². The highest BCUT2D eigenvalue weighted by Crippen LogP contribution is 1.96. The van der Waals surface area contributed by atoms with E-state index in [2.05, 4.69) is 4.74 Å². The highest BCUT2D eigenvalue weighted by atomic mass is 16.6. The molecule has 7 nitrogen and oxygen atoms in total. The Bertz CT molecular complexity index is 217. The van der Waals surface area contributed by atoms with E-state index in [0.29, 0.717) is 0 Å². The minimum atomic E-state index is -0.549. The lowest BCUT2D eigenvalue weighted by Gasteiger charge is -2.05. The number of aliphatic hydroxyl groups is 2. The van der Waals surface area contributed by atoms with Gasteiger partial charge in [0, 0.05) is 0 Å². The zero-order valence-electron chi connectivity index (χ0n) is 9.59. The highest BCUT2D eigenvalue weighted by molar-refractivity contribution is 5.77. The summed E-state index contributed by atoms with van der Waals surface area (Å²) in [6.45, 7) is 0.114. The van der Waals surface area contributed by atoms with Crippen molar-refractivity contribution >= 4 is 11.9 Å². The highest BCUT2D eigenvalue weighted by Gasteiger charge is 2.08. The summed E-state index contributed by atoms with van der Waals surface area (Å²) in [6.07, 6.45) is -0.138. The SMILES string of the molecule is O=C(CCC(=O)OCCOCCO)OCCO. The predicted octanol–water partition coefficient (Wildman–Crippen LogP) is -1.15. The number of carbonyl (C=O) groups is 2. The molecule has 0 rings (SSSR count). The number of hydrogen-bond donors (Lipinski definition) is 2. The smallest absolute Gasteiger partial charge is 0.306 e. The zero-order chi connectivity index (χ0) is 12.9. The van der Waals surface area contributed by atoms with Crippen LogP contribution in [0.1, 0.15) is 12.8 Å². The first-order valence-corrected chi connectivity index (χ1v) is 5.31. The third kappa shape index (κ3) is 11.1. The van der Waals surface area contributed by atoms with Gasteiger partial charge in [-0.25, -0.2) is 0 Å². The number of esters is 2. The van der Waals surface area contributed by atoms with E-state index in [-0.39, 0.29) is 52.5 Å². The first-order chi connectivity index (χ1) is 8.20. The monoisotopic (exact) mass is 250 g/mol. The molecule has 0 saturated heterocycles. The molecular formula is C10H18O7. The van der Waals surface area contributed by atoms with E-state index in [4.69, 9.17) is 19.7 Å². The summed E-state index contributed by atoms with van der Waals surface area (Å²) in [5.74, 6) is -1.06. The topological polar surface area (TPSA) is 102 Å². The van der Waals surface area contributed by atoms with Crippen LogP contribution in [0.5, 0.6) is 0 Å². The maximum Gasteiger partial charge on any atom is 0.306 e. The number of hydrogen-bond acceptors (Lipinski definition) is 7. The van der Waals surface area contributed by atoms with Gasteiger partial charge >= 0.3 is 11.9 Å². The third-order valence-electron chi connectivity index (χ3n) is 1.61. The minimum absolute atomic E-state index is 0.0652. The molecule has 7 heteroatoms. The predicted molar refractivity (Wildman–Crippen MR) is 56.1 cm³/mol. The Hall–Kier alpha value is -1.18. The van der Waals surface area contributed by atoms with Gasteiger partial charge < -0.3 is 24.4 Å². The molecule has 0 heterocycles. The molecule has 2 N–H and O–H groups in total. The van der Waals surface area contributed by atoms with E-state index in [1.54, 1.807) is 0 Å². The lowest BCUT2D eigenvalue weighted by atomic mass is 10.3. The summed E-state index contributed by atoms with van der Waals surface area (Å²) < 4.78 is 14.2. The molecule has 0 unspecified atom stereocenters. The van der Waals surface area contributed by atoms with Crippen molar-refractivity contribution in [2.75, 3.05) is 39.6 Å². The molecule has 0 amide bonds. The molecule has 0 radical (unpaired) electrons. The van der Waals surface area contributed by atoms with Crippen LogP contribution in [0, 0.1) is 0 Å². The largest absolute Gasteiger partial charge is 0.463 e. The Morgan fingerprint density at radius 3 is 1.82 bits per heavy atom. The molecule has 0 aliphatic heterocycles. The molecule has 0 bridgehead atoms. The molecule has 0 aromatic carbocycles. The van der Waals surface area contributed by atoms with E-state index in [1.807, 2.05) is 0 Å². The van der Waals surface area contributed by atoms with Crippen molar-refractivity contribution in [2.24, 2.45) is 0 Å². The van der Waals surface area contributed by atoms with Crippen molar-refractivity contribution < 1.29 is 34.0 Å². The number of carbonyl (C=O) groups excluding carboxylic acids is 2. The van der Waals surface area contributed by atoms with Gasteiger partial charge in [0.2, 0.25) is 0 Å². The van der Waals surface area contributed by atoms with E-state index < -0.39 is 11.9 Å². The van der Waals surface area contributed by atoms with Crippen LogP contribution in [0.3, 0.4) is 0 Å². The van der Waals surface area contributed by atoms with Crippen LogP contribution in [0.25, 0.3) is 0 Å². The van der Waals surface area contributed by atoms with Crippen LogP contribution in [0.2, 0.25) is 0 Å². The van der Waals surface area contributed by atoms with Gasteiger partial charge in [0.1, 0.15) is 13.2 Å². The average molecular weight is 250 g/mol. The van der Waals surface area contributed by atoms with Gasteiger partial charge in [0.05, 0.1) is 39.3 Å². The molecule has 0 atom stereocenters. The van der Waals surface area contributed by atoms with E-state index in [1.165, 1.54) is 0 Å². The number of ether oxygens (including phenoxy) is 3. The van der Waals surface area contributed by atoms with Crippen LogP contribution < -0.4 is 0 Å². The van der Waals surface area contributed by atoms with E-state index in [9.17, 15) is 9.59 Å². The quantitative estimate of drug-likeness (QED) is 0.373. The molecule has 0 aliphatic rings. The summed E-state index contributed by atoms with van der Waals surface area (Å²) >= 11 is 0. The van der Waals surface area contributed by atoms with Gasteiger partial charge in [-0.3, -0.25) is 9.59 Å². The van der Waals surface area contributed by atoms with Crippen molar-refractivity contribution in [2.45, 2.75) is 12.8 Å². The summed E-state index contributed by atoms with van der Waals surface area (Å²) in [6, 6.07) is 0. The fourth-order valence-corrected chi connectivity index (χ4v) is 0.889. The second kappa shape index (κ2) is 11.3. The van der Waals surface area contributed by atoms with Gasteiger partial charge in [-0.2, -0.15) is 0 Å². The second-order valence-electron chi connectivity index (χ2n) is 3.00. The molecule has 0 aromatic heterocycles. The lowest BCUT2D eigenvalue weighted by molar-refractivity contribution is -0.151. The standard InChI is InChI=1S/C10H18O7/c11-3-5-15-7-8-17-10(14)2-1-9(13)16-6-4-12/h11-12H,1-8H2. The van der Waals surface area contributed by atoms with Gasteiger partial charge in [-0.1, -0.05) is 0 Å². The minimum Gasteiger partial charge on any atom is -0.463 e.